The average molecular weight is 2080 g/mol. The molecule has 0 amide bonds. The van der Waals surface area contributed by atoms with E-state index in [-0.39, 0.29) is 48.6 Å². The van der Waals surface area contributed by atoms with Crippen LogP contribution in [0.4, 0.5) is 0 Å². The molecule has 6 N–H and O–H groups in total. The number of hydrogen-bond donors (Lipinski definition) is 6. The van der Waals surface area contributed by atoms with Crippen molar-refractivity contribution in [2.75, 3.05) is 356 Å². The first-order valence-corrected chi connectivity index (χ1v) is 57.6. The summed E-state index contributed by atoms with van der Waals surface area (Å²) in [7, 11) is 1.68. The van der Waals surface area contributed by atoms with Gasteiger partial charge in [-0.15, -0.1) is 0 Å². The lowest BCUT2D eigenvalue weighted by Gasteiger charge is -2.51. The lowest BCUT2D eigenvalue weighted by Crippen LogP contribution is -2.50. The molecule has 3 aromatic carbocycles. The number of fused-ring (bicyclic) bond motifs is 16. The number of nitrogens with zero attached hydrogens (tertiary/aromatic N) is 3. The van der Waals surface area contributed by atoms with Crippen molar-refractivity contribution >= 4 is 10.8 Å². The maximum atomic E-state index is 7.07. The molecule has 6 heterocycles. The Kier molecular flexibility index (Phi) is 63.8. The Morgan fingerprint density at radius 3 is 1.14 bits per heavy atom. The second kappa shape index (κ2) is 77.5. The summed E-state index contributed by atoms with van der Waals surface area (Å²) < 4.78 is 136. The first kappa shape index (κ1) is 122. The summed E-state index contributed by atoms with van der Waals surface area (Å²) in [4.78, 5) is 9.12. The molecule has 2 bridgehead atoms. The van der Waals surface area contributed by atoms with Crippen molar-refractivity contribution in [1.82, 2.24) is 46.7 Å². The highest BCUT2D eigenvalue weighted by Crippen LogP contribution is 2.55. The summed E-state index contributed by atoms with van der Waals surface area (Å²) in [6, 6.07) is 27.8. The molecule has 0 spiro atoms. The highest BCUT2D eigenvalue weighted by molar-refractivity contribution is 5.89. The fourth-order valence-electron chi connectivity index (χ4n) is 22.3. The van der Waals surface area contributed by atoms with E-state index in [9.17, 15) is 0 Å². The van der Waals surface area contributed by atoms with Crippen LogP contribution in [0.15, 0.2) is 101 Å². The van der Waals surface area contributed by atoms with Crippen LogP contribution >= 0.6 is 0 Å². The van der Waals surface area contributed by atoms with Crippen LogP contribution in [0.5, 0.6) is 5.75 Å². The molecule has 840 valence electrons. The molecule has 4 aromatic rings. The predicted molar refractivity (Wildman–Crippen MR) is 578 cm³/mol. The fourth-order valence-corrected chi connectivity index (χ4v) is 22.3. The van der Waals surface area contributed by atoms with Gasteiger partial charge in [-0.05, 0) is 161 Å². The van der Waals surface area contributed by atoms with Crippen molar-refractivity contribution in [3.8, 4) is 5.75 Å². The van der Waals surface area contributed by atoms with Crippen molar-refractivity contribution in [3.63, 3.8) is 0 Å². The molecule has 5 fully saturated rings. The third-order valence-electron chi connectivity index (χ3n) is 29.9. The minimum absolute atomic E-state index is 0.00999. The van der Waals surface area contributed by atoms with Crippen LogP contribution < -0.4 is 36.6 Å². The molecule has 0 radical (unpaired) electrons. The van der Waals surface area contributed by atoms with Crippen molar-refractivity contribution < 1.29 is 109 Å². The largest absolute Gasteiger partial charge is 0.491 e. The van der Waals surface area contributed by atoms with Gasteiger partial charge in [0, 0.05) is 142 Å². The van der Waals surface area contributed by atoms with Crippen molar-refractivity contribution in [2.24, 2.45) is 23.7 Å². The Morgan fingerprint density at radius 2 is 0.703 bits per heavy atom. The van der Waals surface area contributed by atoms with Gasteiger partial charge < -0.3 is 141 Å². The van der Waals surface area contributed by atoms with Crippen molar-refractivity contribution in [3.05, 3.63) is 129 Å². The highest BCUT2D eigenvalue weighted by atomic mass is 16.6. The number of rotatable bonds is 7. The molecule has 1 aromatic heterocycles. The smallest absolute Gasteiger partial charge is 0.123 e. The lowest BCUT2D eigenvalue weighted by atomic mass is 9.58. The standard InChI is InChI=1S/C50H64O6.C20H36O6.C19H40N2O6.C15H23NO5.C12H30N6/c1-33-31-37-13-5-9-17-41(37)47-48-42-18-10-6-14-38(42)32-34(2)50(48)56-30-26-52-24-28-54-44-22-20-36-12-4-8-16-40(36)46(44)45-39-15-7-3-11-35(39)19-21-43(45)53-27-23-51-25-29-55-49(33)47;1-2-6-18-17(5-1)23-13-9-21-11-15-25-19-7-3-4-8-20(19)26-16-12-22-10-14-24-18;1-3-20-4-9-24-16-18-26-12-7-21(6-11-23-15-14-22-2)8-13-27-19-17-25-10-5-20;1-2-14-12-20-10-8-18-6-4-17-5-7-19-9-11-21-13-15(3-1)16-14;1-2-14-5-6-16-9-10-18-12-11-17-8-7-15-4-3-13-1/h3-4,7-8,11-12,15-16,19,21,33-34,44,46-50H,5-6,9-10,13-14,17-18,20,22-32H2,1-2H3;17-20H,1-16H2;3-19H2,1-2H3;1-3H,4-13H2;13-18H,1-12H2. The predicted octanol–water partition coefficient (Wildman–Crippen LogP) is 12.3. The van der Waals surface area contributed by atoms with E-state index in [2.05, 4.69) is 128 Å². The zero-order chi connectivity index (χ0) is 102. The highest BCUT2D eigenvalue weighted by Gasteiger charge is 2.50. The zero-order valence-corrected chi connectivity index (χ0v) is 91.2. The number of hydrogen-bond acceptors (Lipinski definition) is 32. The van der Waals surface area contributed by atoms with E-state index in [0.717, 1.165) is 187 Å². The lowest BCUT2D eigenvalue weighted by molar-refractivity contribution is -0.129. The maximum Gasteiger partial charge on any atom is 0.123 e. The van der Waals surface area contributed by atoms with Crippen LogP contribution in [0.3, 0.4) is 0 Å². The monoisotopic (exact) mass is 2080 g/mol. The van der Waals surface area contributed by atoms with Crippen LogP contribution in [-0.2, 0) is 124 Å². The van der Waals surface area contributed by atoms with Crippen molar-refractivity contribution in [2.45, 2.75) is 211 Å². The first-order chi connectivity index (χ1) is 73.4. The molecule has 12 atom stereocenters. The van der Waals surface area contributed by atoms with Crippen LogP contribution in [0, 0.1) is 23.7 Å². The molecule has 32 heteroatoms. The SMILES string of the molecule is C1CCC2OCCOCCOC3CCCCC3OCCOCCOC2C1.C1CNCCNCCNCCNCCNCCN1.CC1CC2=C(CCCC2)C2C1OCCOCCOc1ccc3ccccc3c1C1c3ccccc3CCC1OCCOCCOC1C(C)CC3=C(CCCC3)C12.CCN1CCOCCOCCN(CCOCCOC)CCOCCOCC1.c1cc2nc(c1)COCCOCCOCCOCCOC2. The molecule has 16 rings (SSSR count). The quantitative estimate of drug-likeness (QED) is 0.0740. The van der Waals surface area contributed by atoms with E-state index >= 15 is 0 Å². The van der Waals surface area contributed by atoms with E-state index in [1.54, 1.807) is 29.4 Å². The minimum Gasteiger partial charge on any atom is -0.491 e. The minimum atomic E-state index is 0.00999. The summed E-state index contributed by atoms with van der Waals surface area (Å²) in [6.45, 7) is 47.1. The van der Waals surface area contributed by atoms with Gasteiger partial charge in [-0.25, -0.2) is 0 Å². The van der Waals surface area contributed by atoms with Crippen LogP contribution in [0.2, 0.25) is 0 Å². The number of likely N-dealkylation sites (N-methyl/N-ethyl adjacent to an activating group) is 1. The third kappa shape index (κ3) is 46.5. The molecule has 3 saturated heterocycles. The van der Waals surface area contributed by atoms with Gasteiger partial charge in [0.15, 0.2) is 0 Å². The maximum absolute atomic E-state index is 7.07. The molecule has 7 aliphatic carbocycles. The van der Waals surface area contributed by atoms with Crippen LogP contribution in [-0.4, -0.2) is 414 Å². The van der Waals surface area contributed by atoms with Crippen molar-refractivity contribution in [1.29, 1.82) is 0 Å². The molecule has 12 unspecified atom stereocenters. The molecule has 2 saturated carbocycles. The van der Waals surface area contributed by atoms with E-state index in [1.807, 2.05) is 18.2 Å². The molecule has 12 aliphatic rings. The Hall–Kier alpha value is -4.85. The van der Waals surface area contributed by atoms with Gasteiger partial charge in [-0.2, -0.15) is 0 Å². The van der Waals surface area contributed by atoms with Crippen LogP contribution in [0.25, 0.3) is 10.8 Å². The summed E-state index contributed by atoms with van der Waals surface area (Å²) in [5.41, 5.74) is 12.6. The Bertz CT molecular complexity index is 3910. The normalized spacial score (nSPS) is 28.5. The van der Waals surface area contributed by atoms with Gasteiger partial charge in [0.25, 0.3) is 0 Å². The number of aryl methyl sites for hydroxylation is 1. The van der Waals surface area contributed by atoms with Crippen LogP contribution in [0.1, 0.15) is 177 Å². The molecular formula is C116H193N9O23. The number of allylic oxidation sites excluding steroid dienone is 2. The molecule has 5 aliphatic heterocycles. The average Bonchev–Trinajstić information content (AvgIpc) is 0.750. The van der Waals surface area contributed by atoms with E-state index in [4.69, 9.17) is 109 Å². The van der Waals surface area contributed by atoms with Gasteiger partial charge in [0.05, 0.1) is 292 Å². The van der Waals surface area contributed by atoms with E-state index in [1.165, 1.54) is 117 Å². The first-order valence-electron chi connectivity index (χ1n) is 57.6. The molecule has 148 heavy (non-hydrogen) atoms. The second-order valence-corrected chi connectivity index (χ2v) is 40.5. The Balaban J connectivity index is 0.000000179. The third-order valence-corrected chi connectivity index (χ3v) is 29.9. The van der Waals surface area contributed by atoms with E-state index in [0.29, 0.717) is 255 Å². The molecule has 32 nitrogen and oxygen atoms in total. The summed E-state index contributed by atoms with van der Waals surface area (Å²) >= 11 is 0. The number of benzene rings is 3. The number of methoxy groups -OCH3 is 1. The summed E-state index contributed by atoms with van der Waals surface area (Å²) in [5.74, 6) is 2.66. The van der Waals surface area contributed by atoms with Gasteiger partial charge in [0.2, 0.25) is 0 Å². The van der Waals surface area contributed by atoms with Gasteiger partial charge in [0.1, 0.15) is 12.4 Å². The summed E-state index contributed by atoms with van der Waals surface area (Å²) in [6.07, 6.45) is 24.8. The van der Waals surface area contributed by atoms with Gasteiger partial charge in [-0.3, -0.25) is 14.8 Å². The van der Waals surface area contributed by atoms with E-state index < -0.39 is 0 Å². The number of nitrogens with one attached hydrogen (secondary N) is 6. The summed E-state index contributed by atoms with van der Waals surface area (Å²) in [5, 5.41) is 22.9. The topological polar surface area (TPSA) is 304 Å². The number of pyridine rings is 1. The molecular weight excluding hydrogens is 1890 g/mol. The zero-order valence-electron chi connectivity index (χ0n) is 91.2. The fraction of sp³-hybridized carbons (Fsp3) is 0.784. The number of ether oxygens (including phenoxy) is 23. The Labute approximate surface area is 887 Å². The van der Waals surface area contributed by atoms with Gasteiger partial charge >= 0.3 is 0 Å². The Morgan fingerprint density at radius 1 is 0.331 bits per heavy atom. The van der Waals surface area contributed by atoms with Gasteiger partial charge in [-0.1, -0.05) is 129 Å². The number of aromatic nitrogens is 1. The second-order valence-electron chi connectivity index (χ2n) is 40.5.